The van der Waals surface area contributed by atoms with Crippen molar-refractivity contribution in [3.05, 3.63) is 48.3 Å². The second-order valence-electron chi connectivity index (χ2n) is 6.63. The van der Waals surface area contributed by atoms with E-state index in [0.29, 0.717) is 24.7 Å². The van der Waals surface area contributed by atoms with Gasteiger partial charge in [0.1, 0.15) is 5.69 Å². The van der Waals surface area contributed by atoms with Crippen LogP contribution in [-0.2, 0) is 0 Å². The molecule has 2 aromatic rings. The van der Waals surface area contributed by atoms with Gasteiger partial charge in [-0.3, -0.25) is 4.79 Å². The van der Waals surface area contributed by atoms with E-state index in [1.807, 2.05) is 35.0 Å². The number of aromatic nitrogens is 2. The van der Waals surface area contributed by atoms with Crippen LogP contribution in [0.15, 0.2) is 42.6 Å². The van der Waals surface area contributed by atoms with Gasteiger partial charge in [-0.2, -0.15) is 0 Å². The Morgan fingerprint density at radius 2 is 1.85 bits per heavy atom. The van der Waals surface area contributed by atoms with Gasteiger partial charge in [0.15, 0.2) is 0 Å². The van der Waals surface area contributed by atoms with E-state index >= 15 is 0 Å². The first-order valence-corrected chi connectivity index (χ1v) is 9.32. The Morgan fingerprint density at radius 3 is 2.54 bits per heavy atom. The Morgan fingerprint density at radius 1 is 1.12 bits per heavy atom. The van der Waals surface area contributed by atoms with Crippen molar-refractivity contribution in [1.29, 1.82) is 0 Å². The van der Waals surface area contributed by atoms with Crippen LogP contribution < -0.4 is 9.80 Å². The lowest BCUT2D eigenvalue weighted by Crippen LogP contribution is -2.49. The third-order valence-electron chi connectivity index (χ3n) is 4.74. The molecule has 0 N–H and O–H groups in total. The van der Waals surface area contributed by atoms with E-state index in [0.717, 1.165) is 32.5 Å². The van der Waals surface area contributed by atoms with Crippen LogP contribution >= 0.6 is 0 Å². The highest BCUT2D eigenvalue weighted by Gasteiger charge is 2.23. The summed E-state index contributed by atoms with van der Waals surface area (Å²) < 4.78 is 0. The summed E-state index contributed by atoms with van der Waals surface area (Å²) in [5.41, 5.74) is 1.69. The van der Waals surface area contributed by atoms with Crippen molar-refractivity contribution < 1.29 is 4.79 Å². The molecule has 26 heavy (non-hydrogen) atoms. The molecule has 138 valence electrons. The first-order valence-electron chi connectivity index (χ1n) is 9.32. The zero-order valence-electron chi connectivity index (χ0n) is 15.6. The van der Waals surface area contributed by atoms with E-state index in [1.165, 1.54) is 5.69 Å². The van der Waals surface area contributed by atoms with Gasteiger partial charge in [-0.25, -0.2) is 9.97 Å². The van der Waals surface area contributed by atoms with Gasteiger partial charge in [0.2, 0.25) is 5.95 Å². The maximum absolute atomic E-state index is 12.8. The summed E-state index contributed by atoms with van der Waals surface area (Å²) in [6.07, 6.45) is 3.88. The number of hydrogen-bond donors (Lipinski definition) is 0. The van der Waals surface area contributed by atoms with Crippen LogP contribution in [0.25, 0.3) is 0 Å². The number of amides is 1. The Balaban J connectivity index is 1.62. The fourth-order valence-corrected chi connectivity index (χ4v) is 3.12. The average molecular weight is 353 g/mol. The van der Waals surface area contributed by atoms with Crippen LogP contribution in [0.1, 0.15) is 30.3 Å². The van der Waals surface area contributed by atoms with Crippen molar-refractivity contribution in [3.8, 4) is 0 Å². The summed E-state index contributed by atoms with van der Waals surface area (Å²) in [6.45, 7) is 6.14. The molecule has 1 fully saturated rings. The number of anilines is 2. The maximum Gasteiger partial charge on any atom is 0.272 e. The first kappa shape index (κ1) is 18.2. The van der Waals surface area contributed by atoms with Gasteiger partial charge in [-0.05, 0) is 24.6 Å². The van der Waals surface area contributed by atoms with Gasteiger partial charge in [-0.1, -0.05) is 31.5 Å². The number of para-hydroxylation sites is 1. The van der Waals surface area contributed by atoms with Gasteiger partial charge in [0.25, 0.3) is 5.91 Å². The molecule has 1 aliphatic heterocycles. The normalized spacial score (nSPS) is 14.4. The van der Waals surface area contributed by atoms with Gasteiger partial charge >= 0.3 is 0 Å². The first-order chi connectivity index (χ1) is 12.7. The molecule has 0 bridgehead atoms. The largest absolute Gasteiger partial charge is 0.368 e. The molecule has 0 spiro atoms. The number of hydrogen-bond acceptors (Lipinski definition) is 5. The van der Waals surface area contributed by atoms with Crippen molar-refractivity contribution in [2.24, 2.45) is 0 Å². The van der Waals surface area contributed by atoms with Gasteiger partial charge in [0, 0.05) is 51.7 Å². The molecule has 0 radical (unpaired) electrons. The lowest BCUT2D eigenvalue weighted by molar-refractivity contribution is 0.0740. The number of unbranched alkanes of at least 4 members (excludes halogenated alkanes) is 1. The molecule has 2 heterocycles. The Hall–Kier alpha value is -2.63. The highest BCUT2D eigenvalue weighted by molar-refractivity contribution is 5.92. The summed E-state index contributed by atoms with van der Waals surface area (Å²) in [5, 5.41) is 0. The van der Waals surface area contributed by atoms with Crippen molar-refractivity contribution >= 4 is 17.5 Å². The van der Waals surface area contributed by atoms with Crippen molar-refractivity contribution in [1.82, 2.24) is 14.9 Å². The van der Waals surface area contributed by atoms with E-state index in [4.69, 9.17) is 0 Å². The number of nitrogens with zero attached hydrogens (tertiary/aromatic N) is 5. The van der Waals surface area contributed by atoms with Gasteiger partial charge in [-0.15, -0.1) is 0 Å². The summed E-state index contributed by atoms with van der Waals surface area (Å²) in [6, 6.07) is 12.0. The third-order valence-corrected chi connectivity index (χ3v) is 4.74. The zero-order chi connectivity index (χ0) is 18.4. The molecule has 1 amide bonds. The van der Waals surface area contributed by atoms with Crippen LogP contribution in [0, 0.1) is 0 Å². The monoisotopic (exact) mass is 353 g/mol. The fraction of sp³-hybridized carbons (Fsp3) is 0.450. The number of carbonyl (C=O) groups is 1. The molecule has 6 heteroatoms. The minimum absolute atomic E-state index is 0.00902. The number of benzene rings is 1. The number of carbonyl (C=O) groups excluding carboxylic acids is 1. The Bertz CT molecular complexity index is 713. The van der Waals surface area contributed by atoms with Crippen LogP contribution in [0.5, 0.6) is 0 Å². The van der Waals surface area contributed by atoms with Gasteiger partial charge in [0.05, 0.1) is 0 Å². The Kier molecular flexibility index (Phi) is 6.04. The van der Waals surface area contributed by atoms with E-state index in [-0.39, 0.29) is 5.91 Å². The topological polar surface area (TPSA) is 52.6 Å². The quantitative estimate of drug-likeness (QED) is 0.799. The molecule has 0 atom stereocenters. The van der Waals surface area contributed by atoms with Crippen molar-refractivity contribution in [3.63, 3.8) is 0 Å². The van der Waals surface area contributed by atoms with E-state index < -0.39 is 0 Å². The molecule has 0 saturated carbocycles. The maximum atomic E-state index is 12.8. The predicted molar refractivity (Wildman–Crippen MR) is 105 cm³/mol. The molecule has 0 aliphatic carbocycles. The highest BCUT2D eigenvalue weighted by atomic mass is 16.2. The molecule has 0 unspecified atom stereocenters. The van der Waals surface area contributed by atoms with Gasteiger partial charge < -0.3 is 14.7 Å². The van der Waals surface area contributed by atoms with E-state index in [9.17, 15) is 4.79 Å². The fourth-order valence-electron chi connectivity index (χ4n) is 3.12. The number of rotatable bonds is 6. The second kappa shape index (κ2) is 8.65. The van der Waals surface area contributed by atoms with E-state index in [2.05, 4.69) is 33.9 Å². The highest BCUT2D eigenvalue weighted by Crippen LogP contribution is 2.17. The number of piperazine rings is 1. The molecule has 1 aromatic carbocycles. The summed E-state index contributed by atoms with van der Waals surface area (Å²) in [5.74, 6) is 0.609. The molecule has 3 rings (SSSR count). The minimum atomic E-state index is -0.00902. The smallest absolute Gasteiger partial charge is 0.272 e. The molecule has 1 aliphatic rings. The van der Waals surface area contributed by atoms with Crippen molar-refractivity contribution in [2.75, 3.05) is 49.6 Å². The lowest BCUT2D eigenvalue weighted by Gasteiger charge is -2.36. The molecule has 1 aromatic heterocycles. The van der Waals surface area contributed by atoms with Crippen LogP contribution in [0.2, 0.25) is 0 Å². The van der Waals surface area contributed by atoms with E-state index in [1.54, 1.807) is 12.3 Å². The Labute approximate surface area is 155 Å². The van der Waals surface area contributed by atoms with Crippen LogP contribution in [0.4, 0.5) is 11.6 Å². The third kappa shape index (κ3) is 4.31. The molecule has 6 nitrogen and oxygen atoms in total. The second-order valence-corrected chi connectivity index (χ2v) is 6.63. The molecule has 1 saturated heterocycles. The standard InChI is InChI=1S/C20H27N5O/c1-3-4-12-23(2)20-21-11-10-18(22-20)19(26)25-15-13-24(14-16-25)17-8-6-5-7-9-17/h5-11H,3-4,12-16H2,1-2H3. The summed E-state index contributed by atoms with van der Waals surface area (Å²) in [7, 11) is 1.97. The lowest BCUT2D eigenvalue weighted by atomic mass is 10.2. The SMILES string of the molecule is CCCCN(C)c1nccc(C(=O)N2CCN(c3ccccc3)CC2)n1. The molecular weight excluding hydrogens is 326 g/mol. The summed E-state index contributed by atoms with van der Waals surface area (Å²) >= 11 is 0. The molecular formula is C20H27N5O. The van der Waals surface area contributed by atoms with Crippen molar-refractivity contribution in [2.45, 2.75) is 19.8 Å². The zero-order valence-corrected chi connectivity index (χ0v) is 15.6. The minimum Gasteiger partial charge on any atom is -0.368 e. The summed E-state index contributed by atoms with van der Waals surface area (Å²) in [4.78, 5) is 27.8. The van der Waals surface area contributed by atoms with Crippen LogP contribution in [0.3, 0.4) is 0 Å². The predicted octanol–water partition coefficient (Wildman–Crippen LogP) is 2.68. The van der Waals surface area contributed by atoms with Crippen LogP contribution in [-0.4, -0.2) is 60.5 Å². The average Bonchev–Trinajstić information content (AvgIpc) is 2.72.